The van der Waals surface area contributed by atoms with Gasteiger partial charge >= 0.3 is 5.97 Å². The van der Waals surface area contributed by atoms with E-state index in [0.29, 0.717) is 5.56 Å². The van der Waals surface area contributed by atoms with E-state index in [-0.39, 0.29) is 27.0 Å². The molecule has 0 fully saturated rings. The highest BCUT2D eigenvalue weighted by atomic mass is 32.1. The van der Waals surface area contributed by atoms with Crippen molar-refractivity contribution in [3.63, 3.8) is 0 Å². The molecule has 88 valence electrons. The van der Waals surface area contributed by atoms with E-state index in [1.54, 1.807) is 13.8 Å². The van der Waals surface area contributed by atoms with Crippen LogP contribution >= 0.6 is 25.3 Å². The first-order chi connectivity index (χ1) is 7.29. The summed E-state index contributed by atoms with van der Waals surface area (Å²) in [5, 5.41) is 28.3. The van der Waals surface area contributed by atoms with Crippen molar-refractivity contribution in [3.8, 4) is 11.5 Å². The Morgan fingerprint density at radius 3 is 2.00 bits per heavy atom. The largest absolute Gasteiger partial charge is 0.506 e. The van der Waals surface area contributed by atoms with Crippen LogP contribution in [0.15, 0.2) is 9.79 Å². The molecule has 1 aromatic carbocycles. The molecule has 0 spiro atoms. The fourth-order valence-corrected chi connectivity index (χ4v) is 2.26. The second-order valence-electron chi connectivity index (χ2n) is 3.64. The third kappa shape index (κ3) is 1.94. The lowest BCUT2D eigenvalue weighted by molar-refractivity contribution is 0.0689. The predicted octanol–water partition coefficient (Wildman–Crippen LogP) is 2.50. The quantitative estimate of drug-likeness (QED) is 0.529. The number of carboxylic acid groups (broad SMARTS) is 1. The molecule has 1 rings (SSSR count). The molecule has 0 heterocycles. The minimum absolute atomic E-state index is 0.0651. The van der Waals surface area contributed by atoms with Crippen LogP contribution in [-0.4, -0.2) is 21.3 Å². The van der Waals surface area contributed by atoms with E-state index in [1.807, 2.05) is 0 Å². The fraction of sp³-hybridized carbons (Fsp3) is 0.300. The Hall–Kier alpha value is -1.01. The average molecular weight is 260 g/mol. The SMILES string of the molecule is CC(C)c1c(O)c(S)c(O)c(C(=O)O)c1S. The molecule has 0 saturated carbocycles. The first kappa shape index (κ1) is 13.1. The van der Waals surface area contributed by atoms with E-state index < -0.39 is 11.7 Å². The van der Waals surface area contributed by atoms with Crippen LogP contribution in [0.1, 0.15) is 35.7 Å². The van der Waals surface area contributed by atoms with Gasteiger partial charge in [0.15, 0.2) is 0 Å². The van der Waals surface area contributed by atoms with Gasteiger partial charge in [0.1, 0.15) is 17.1 Å². The summed E-state index contributed by atoms with van der Waals surface area (Å²) >= 11 is 7.93. The number of hydrogen-bond acceptors (Lipinski definition) is 5. The van der Waals surface area contributed by atoms with Crippen molar-refractivity contribution in [2.75, 3.05) is 0 Å². The summed E-state index contributed by atoms with van der Waals surface area (Å²) in [5.41, 5.74) is 0.0263. The third-order valence-corrected chi connectivity index (χ3v) is 3.11. The Morgan fingerprint density at radius 2 is 1.62 bits per heavy atom. The highest BCUT2D eigenvalue weighted by Gasteiger charge is 2.25. The van der Waals surface area contributed by atoms with Crippen molar-refractivity contribution in [1.29, 1.82) is 0 Å². The Labute approximate surface area is 104 Å². The number of rotatable bonds is 2. The van der Waals surface area contributed by atoms with Crippen LogP contribution < -0.4 is 0 Å². The minimum atomic E-state index is -1.31. The number of hydrogen-bond donors (Lipinski definition) is 5. The Morgan fingerprint density at radius 1 is 1.12 bits per heavy atom. The van der Waals surface area contributed by atoms with Crippen molar-refractivity contribution < 1.29 is 20.1 Å². The lowest BCUT2D eigenvalue weighted by Crippen LogP contribution is -2.04. The Bertz CT molecular complexity index is 455. The van der Waals surface area contributed by atoms with Gasteiger partial charge in [-0.25, -0.2) is 4.79 Å². The van der Waals surface area contributed by atoms with Gasteiger partial charge in [-0.2, -0.15) is 0 Å². The van der Waals surface area contributed by atoms with Gasteiger partial charge in [-0.3, -0.25) is 0 Å². The fourth-order valence-electron chi connectivity index (χ4n) is 1.47. The van der Waals surface area contributed by atoms with E-state index in [1.165, 1.54) is 0 Å². The molecule has 0 aliphatic rings. The van der Waals surface area contributed by atoms with Crippen molar-refractivity contribution in [2.24, 2.45) is 0 Å². The van der Waals surface area contributed by atoms with E-state index in [0.717, 1.165) is 0 Å². The molecule has 0 aliphatic heterocycles. The molecule has 0 aliphatic carbocycles. The first-order valence-corrected chi connectivity index (χ1v) is 5.41. The molecule has 16 heavy (non-hydrogen) atoms. The Balaban J connectivity index is 3.73. The third-order valence-electron chi connectivity index (χ3n) is 2.22. The number of aromatic hydroxyl groups is 2. The van der Waals surface area contributed by atoms with Gasteiger partial charge < -0.3 is 15.3 Å². The van der Waals surface area contributed by atoms with Gasteiger partial charge in [0.05, 0.1) is 4.90 Å². The molecule has 0 saturated heterocycles. The summed E-state index contributed by atoms with van der Waals surface area (Å²) in [7, 11) is 0. The summed E-state index contributed by atoms with van der Waals surface area (Å²) in [6, 6.07) is 0. The molecule has 0 radical (unpaired) electrons. The molecule has 0 bridgehead atoms. The maximum Gasteiger partial charge on any atom is 0.340 e. The zero-order valence-electron chi connectivity index (χ0n) is 8.72. The summed E-state index contributed by atoms with van der Waals surface area (Å²) in [5.74, 6) is -2.23. The van der Waals surface area contributed by atoms with Crippen molar-refractivity contribution in [2.45, 2.75) is 29.6 Å². The highest BCUT2D eigenvalue weighted by molar-refractivity contribution is 7.81. The minimum Gasteiger partial charge on any atom is -0.506 e. The number of benzene rings is 1. The molecular formula is C10H12O4S2. The number of thiol groups is 2. The van der Waals surface area contributed by atoms with E-state index in [9.17, 15) is 15.0 Å². The lowest BCUT2D eigenvalue weighted by Gasteiger charge is -2.16. The molecule has 0 aromatic heterocycles. The van der Waals surface area contributed by atoms with Gasteiger partial charge in [-0.15, -0.1) is 25.3 Å². The van der Waals surface area contributed by atoms with Crippen LogP contribution in [0.4, 0.5) is 0 Å². The van der Waals surface area contributed by atoms with Gasteiger partial charge in [0, 0.05) is 10.5 Å². The van der Waals surface area contributed by atoms with Crippen LogP contribution in [0.25, 0.3) is 0 Å². The number of carbonyl (C=O) groups is 1. The number of phenolic OH excluding ortho intramolecular Hbond substituents is 1. The van der Waals surface area contributed by atoms with E-state index in [4.69, 9.17) is 5.11 Å². The van der Waals surface area contributed by atoms with Crippen LogP contribution in [0.5, 0.6) is 11.5 Å². The summed E-state index contributed by atoms with van der Waals surface area (Å²) in [6.07, 6.45) is 0. The normalized spacial score (nSPS) is 10.8. The van der Waals surface area contributed by atoms with Gasteiger partial charge in [0.2, 0.25) is 0 Å². The Kier molecular flexibility index (Phi) is 3.64. The van der Waals surface area contributed by atoms with Gasteiger partial charge in [0.25, 0.3) is 0 Å². The van der Waals surface area contributed by atoms with Crippen LogP contribution in [0.2, 0.25) is 0 Å². The molecular weight excluding hydrogens is 248 g/mol. The maximum absolute atomic E-state index is 11.0. The molecule has 0 unspecified atom stereocenters. The summed E-state index contributed by atoms with van der Waals surface area (Å²) < 4.78 is 0. The molecule has 6 heteroatoms. The van der Waals surface area contributed by atoms with Crippen LogP contribution in [-0.2, 0) is 0 Å². The first-order valence-electron chi connectivity index (χ1n) is 4.52. The smallest absolute Gasteiger partial charge is 0.340 e. The zero-order valence-corrected chi connectivity index (χ0v) is 10.5. The van der Waals surface area contributed by atoms with Crippen molar-refractivity contribution in [1.82, 2.24) is 0 Å². The lowest BCUT2D eigenvalue weighted by atomic mass is 9.98. The van der Waals surface area contributed by atoms with Crippen molar-refractivity contribution >= 4 is 31.2 Å². The van der Waals surface area contributed by atoms with E-state index >= 15 is 0 Å². The van der Waals surface area contributed by atoms with Crippen molar-refractivity contribution in [3.05, 3.63) is 11.1 Å². The van der Waals surface area contributed by atoms with Gasteiger partial charge in [-0.1, -0.05) is 13.8 Å². The molecule has 3 N–H and O–H groups in total. The standard InChI is InChI=1S/C10H12O4S2/c1-3(2)4-6(11)9(16)7(12)5(8(4)15)10(13)14/h3,11-12,15-16H,1-2H3,(H,13,14). The summed E-state index contributed by atoms with van der Waals surface area (Å²) in [6.45, 7) is 3.56. The molecule has 0 atom stereocenters. The summed E-state index contributed by atoms with van der Waals surface area (Å²) in [4.78, 5) is 10.9. The molecule has 4 nitrogen and oxygen atoms in total. The van der Waals surface area contributed by atoms with Gasteiger partial charge in [-0.05, 0) is 5.92 Å². The number of aromatic carboxylic acids is 1. The topological polar surface area (TPSA) is 77.8 Å². The highest BCUT2D eigenvalue weighted by Crippen LogP contribution is 2.44. The van der Waals surface area contributed by atoms with E-state index in [2.05, 4.69) is 25.3 Å². The second kappa shape index (κ2) is 4.47. The molecule has 0 amide bonds. The maximum atomic E-state index is 11.0. The molecule has 1 aromatic rings. The monoisotopic (exact) mass is 260 g/mol. The zero-order chi connectivity index (χ0) is 12.6. The average Bonchev–Trinajstić information content (AvgIpc) is 2.13. The number of carboxylic acids is 1. The number of phenols is 2. The van der Waals surface area contributed by atoms with Crippen LogP contribution in [0.3, 0.4) is 0 Å². The predicted molar refractivity (Wildman–Crippen MR) is 65.3 cm³/mol. The van der Waals surface area contributed by atoms with Crippen LogP contribution in [0, 0.1) is 0 Å². The second-order valence-corrected chi connectivity index (χ2v) is 4.54.